The maximum Gasteiger partial charge on any atom is 0.191 e. The average molecular weight is 387 g/mol. The standard InChI is InChI=1S/C13H29N3O2.HI/c1-6-14-13(16-11(4)5)15-7-12(17)9-18-8-10(2)3;/h10-12,17H,6-9H2,1-5H3,(H2,14,15,16);1H. The highest BCUT2D eigenvalue weighted by Gasteiger charge is 2.06. The minimum Gasteiger partial charge on any atom is -0.389 e. The van der Waals surface area contributed by atoms with Gasteiger partial charge in [0.15, 0.2) is 5.96 Å². The fourth-order valence-corrected chi connectivity index (χ4v) is 1.28. The fourth-order valence-electron chi connectivity index (χ4n) is 1.28. The van der Waals surface area contributed by atoms with Crippen molar-refractivity contribution in [1.82, 2.24) is 10.6 Å². The molecule has 1 atom stereocenters. The van der Waals surface area contributed by atoms with Crippen LogP contribution in [0, 0.1) is 5.92 Å². The van der Waals surface area contributed by atoms with E-state index in [1.807, 2.05) is 6.92 Å². The molecule has 3 N–H and O–H groups in total. The number of guanidine groups is 1. The van der Waals surface area contributed by atoms with Gasteiger partial charge < -0.3 is 20.5 Å². The maximum atomic E-state index is 9.73. The van der Waals surface area contributed by atoms with Gasteiger partial charge in [0, 0.05) is 19.2 Å². The third kappa shape index (κ3) is 14.1. The van der Waals surface area contributed by atoms with Crippen molar-refractivity contribution in [3.8, 4) is 0 Å². The van der Waals surface area contributed by atoms with Crippen LogP contribution in [0.5, 0.6) is 0 Å². The molecule has 0 aromatic heterocycles. The SMILES string of the molecule is CCNC(=NCC(O)COCC(C)C)NC(C)C.I. The van der Waals surface area contributed by atoms with Crippen LogP contribution in [0.3, 0.4) is 0 Å². The van der Waals surface area contributed by atoms with E-state index in [1.165, 1.54) is 0 Å². The first kappa shape index (κ1) is 21.2. The van der Waals surface area contributed by atoms with Gasteiger partial charge in [0.2, 0.25) is 0 Å². The van der Waals surface area contributed by atoms with Crippen molar-refractivity contribution in [1.29, 1.82) is 0 Å². The van der Waals surface area contributed by atoms with Crippen LogP contribution in [0.1, 0.15) is 34.6 Å². The molecule has 0 fully saturated rings. The molecule has 0 amide bonds. The summed E-state index contributed by atoms with van der Waals surface area (Å²) in [6.45, 7) is 12.4. The number of hydrogen-bond donors (Lipinski definition) is 3. The Bertz CT molecular complexity index is 236. The lowest BCUT2D eigenvalue weighted by Gasteiger charge is -2.15. The molecule has 19 heavy (non-hydrogen) atoms. The Kier molecular flexibility index (Phi) is 14.4. The topological polar surface area (TPSA) is 65.9 Å². The molecule has 5 nitrogen and oxygen atoms in total. The number of nitrogens with zero attached hydrogens (tertiary/aromatic N) is 1. The molecule has 0 radical (unpaired) electrons. The molecule has 0 aliphatic heterocycles. The van der Waals surface area contributed by atoms with Gasteiger partial charge in [-0.05, 0) is 26.7 Å². The normalized spacial score (nSPS) is 13.4. The molecule has 0 aromatic rings. The summed E-state index contributed by atoms with van der Waals surface area (Å²) in [7, 11) is 0. The predicted octanol–water partition coefficient (Wildman–Crippen LogP) is 1.60. The summed E-state index contributed by atoms with van der Waals surface area (Å²) in [4.78, 5) is 4.32. The van der Waals surface area contributed by atoms with Gasteiger partial charge in [-0.3, -0.25) is 4.99 Å². The minimum atomic E-state index is -0.550. The van der Waals surface area contributed by atoms with E-state index in [9.17, 15) is 5.11 Å². The molecular weight excluding hydrogens is 357 g/mol. The predicted molar refractivity (Wildman–Crippen MR) is 91.3 cm³/mol. The molecule has 0 bridgehead atoms. The second-order valence-corrected chi connectivity index (χ2v) is 5.10. The Morgan fingerprint density at radius 1 is 1.21 bits per heavy atom. The van der Waals surface area contributed by atoms with E-state index >= 15 is 0 Å². The summed E-state index contributed by atoms with van der Waals surface area (Å²) in [5.74, 6) is 1.22. The van der Waals surface area contributed by atoms with E-state index in [0.717, 1.165) is 12.5 Å². The lowest BCUT2D eigenvalue weighted by Crippen LogP contribution is -2.41. The Morgan fingerprint density at radius 3 is 2.32 bits per heavy atom. The van der Waals surface area contributed by atoms with Crippen molar-refractivity contribution in [3.05, 3.63) is 0 Å². The molecule has 0 aliphatic rings. The van der Waals surface area contributed by atoms with Gasteiger partial charge in [-0.15, -0.1) is 24.0 Å². The zero-order valence-corrected chi connectivity index (χ0v) is 15.1. The highest BCUT2D eigenvalue weighted by Crippen LogP contribution is 1.94. The van der Waals surface area contributed by atoms with E-state index in [4.69, 9.17) is 4.74 Å². The number of aliphatic hydroxyl groups excluding tert-OH is 1. The molecule has 0 aliphatic carbocycles. The molecule has 116 valence electrons. The number of halogens is 1. The van der Waals surface area contributed by atoms with Gasteiger partial charge in [0.1, 0.15) is 0 Å². The third-order valence-corrected chi connectivity index (χ3v) is 1.99. The molecular formula is C13H30IN3O2. The number of ether oxygens (including phenoxy) is 1. The van der Waals surface area contributed by atoms with Crippen molar-refractivity contribution >= 4 is 29.9 Å². The molecule has 1 unspecified atom stereocenters. The van der Waals surface area contributed by atoms with E-state index < -0.39 is 6.10 Å². The molecule has 0 saturated carbocycles. The maximum absolute atomic E-state index is 9.73. The summed E-state index contributed by atoms with van der Waals surface area (Å²) < 4.78 is 5.37. The molecule has 0 aromatic carbocycles. The second kappa shape index (κ2) is 12.9. The first-order chi connectivity index (χ1) is 8.45. The first-order valence-corrected chi connectivity index (χ1v) is 6.76. The quantitative estimate of drug-likeness (QED) is 0.336. The highest BCUT2D eigenvalue weighted by molar-refractivity contribution is 14.0. The molecule has 0 rings (SSSR count). The molecule has 0 saturated heterocycles. The number of nitrogens with one attached hydrogen (secondary N) is 2. The number of hydrogen-bond acceptors (Lipinski definition) is 3. The Morgan fingerprint density at radius 2 is 1.84 bits per heavy atom. The summed E-state index contributed by atoms with van der Waals surface area (Å²) in [6, 6.07) is 0.317. The summed E-state index contributed by atoms with van der Waals surface area (Å²) in [5, 5.41) is 16.1. The summed E-state index contributed by atoms with van der Waals surface area (Å²) in [5.41, 5.74) is 0. The number of rotatable bonds is 8. The largest absolute Gasteiger partial charge is 0.389 e. The van der Waals surface area contributed by atoms with Crippen LogP contribution in [0.25, 0.3) is 0 Å². The minimum absolute atomic E-state index is 0. The summed E-state index contributed by atoms with van der Waals surface area (Å²) >= 11 is 0. The van der Waals surface area contributed by atoms with Crippen molar-refractivity contribution in [2.24, 2.45) is 10.9 Å². The van der Waals surface area contributed by atoms with Crippen LogP contribution in [-0.2, 0) is 4.74 Å². The highest BCUT2D eigenvalue weighted by atomic mass is 127. The monoisotopic (exact) mass is 387 g/mol. The Hall–Kier alpha value is -0.0800. The zero-order valence-electron chi connectivity index (χ0n) is 12.8. The van der Waals surface area contributed by atoms with Gasteiger partial charge >= 0.3 is 0 Å². The van der Waals surface area contributed by atoms with E-state index in [-0.39, 0.29) is 24.0 Å². The van der Waals surface area contributed by atoms with Crippen molar-refractivity contribution in [2.45, 2.75) is 46.8 Å². The van der Waals surface area contributed by atoms with E-state index in [1.54, 1.807) is 0 Å². The molecule has 0 spiro atoms. The van der Waals surface area contributed by atoms with Crippen LogP contribution < -0.4 is 10.6 Å². The van der Waals surface area contributed by atoms with Crippen LogP contribution in [0.15, 0.2) is 4.99 Å². The van der Waals surface area contributed by atoms with Crippen LogP contribution in [0.4, 0.5) is 0 Å². The van der Waals surface area contributed by atoms with Gasteiger partial charge in [-0.2, -0.15) is 0 Å². The first-order valence-electron chi connectivity index (χ1n) is 6.76. The number of aliphatic imine (C=N–C) groups is 1. The van der Waals surface area contributed by atoms with Crippen molar-refractivity contribution in [3.63, 3.8) is 0 Å². The molecule has 6 heteroatoms. The zero-order chi connectivity index (χ0) is 14.0. The lowest BCUT2D eigenvalue weighted by atomic mass is 10.2. The molecule has 0 heterocycles. The second-order valence-electron chi connectivity index (χ2n) is 5.10. The van der Waals surface area contributed by atoms with Crippen LogP contribution >= 0.6 is 24.0 Å². The van der Waals surface area contributed by atoms with Gasteiger partial charge in [-0.25, -0.2) is 0 Å². The third-order valence-electron chi connectivity index (χ3n) is 1.99. The van der Waals surface area contributed by atoms with Crippen LogP contribution in [0.2, 0.25) is 0 Å². The van der Waals surface area contributed by atoms with Gasteiger partial charge in [-0.1, -0.05) is 13.8 Å². The smallest absolute Gasteiger partial charge is 0.191 e. The average Bonchev–Trinajstić information content (AvgIpc) is 2.25. The van der Waals surface area contributed by atoms with Crippen molar-refractivity contribution < 1.29 is 9.84 Å². The Labute approximate surface area is 134 Å². The van der Waals surface area contributed by atoms with Gasteiger partial charge in [0.05, 0.1) is 19.3 Å². The summed E-state index contributed by atoms with van der Waals surface area (Å²) in [6.07, 6.45) is -0.550. The Balaban J connectivity index is 0. The number of aliphatic hydroxyl groups is 1. The fraction of sp³-hybridized carbons (Fsp3) is 0.923. The van der Waals surface area contributed by atoms with Crippen molar-refractivity contribution in [2.75, 3.05) is 26.3 Å². The van der Waals surface area contributed by atoms with Gasteiger partial charge in [0.25, 0.3) is 0 Å². The van der Waals surface area contributed by atoms with E-state index in [0.29, 0.717) is 31.7 Å². The van der Waals surface area contributed by atoms with Crippen LogP contribution in [-0.4, -0.2) is 49.5 Å². The lowest BCUT2D eigenvalue weighted by molar-refractivity contribution is 0.0301. The van der Waals surface area contributed by atoms with E-state index in [2.05, 4.69) is 43.3 Å².